The highest BCUT2D eigenvalue weighted by Crippen LogP contribution is 2.55. The fourth-order valence-electron chi connectivity index (χ4n) is 4.29. The normalized spacial score (nSPS) is 21.7. The summed E-state index contributed by atoms with van der Waals surface area (Å²) in [4.78, 5) is 0.0576. The van der Waals surface area contributed by atoms with Crippen LogP contribution in [-0.4, -0.2) is 24.3 Å². The van der Waals surface area contributed by atoms with Crippen molar-refractivity contribution in [3.63, 3.8) is 0 Å². The molecule has 2 fully saturated rings. The zero-order valence-electron chi connectivity index (χ0n) is 13.6. The summed E-state index contributed by atoms with van der Waals surface area (Å²) in [6.45, 7) is 0. The largest absolute Gasteiger partial charge is 0.744 e. The first-order chi connectivity index (χ1) is 11.1. The fourth-order valence-corrected chi connectivity index (χ4v) is 9.33. The maximum atomic E-state index is 11.8. The number of rotatable bonds is 4. The van der Waals surface area contributed by atoms with Crippen molar-refractivity contribution in [1.29, 1.82) is 0 Å². The second-order valence-electron chi connectivity index (χ2n) is 6.91. The molecule has 23 heavy (non-hydrogen) atoms. The number of hydrogen-bond donors (Lipinski definition) is 0. The van der Waals surface area contributed by atoms with Gasteiger partial charge < -0.3 is 4.55 Å². The van der Waals surface area contributed by atoms with E-state index in [0.29, 0.717) is 11.3 Å². The molecule has 2 aliphatic rings. The van der Waals surface area contributed by atoms with Gasteiger partial charge in [-0.15, -0.1) is 0 Å². The predicted octanol–water partition coefficient (Wildman–Crippen LogP) is 4.36. The van der Waals surface area contributed by atoms with Crippen molar-refractivity contribution in [2.24, 2.45) is 0 Å². The van der Waals surface area contributed by atoms with Crippen LogP contribution in [0.2, 0.25) is 0 Å². The lowest BCUT2D eigenvalue weighted by atomic mass is 9.99. The quantitative estimate of drug-likeness (QED) is 0.597. The molecule has 1 aromatic rings. The smallest absolute Gasteiger partial charge is 0.125 e. The average molecular weight is 353 g/mol. The van der Waals surface area contributed by atoms with Gasteiger partial charge in [-0.25, -0.2) is 8.42 Å². The summed E-state index contributed by atoms with van der Waals surface area (Å²) >= 11 is 0. The molecule has 0 aliphatic heterocycles. The molecule has 0 radical (unpaired) electrons. The summed E-state index contributed by atoms with van der Waals surface area (Å²) in [7, 11) is -4.95. The third-order valence-corrected chi connectivity index (χ3v) is 9.95. The van der Waals surface area contributed by atoms with Gasteiger partial charge in [0, 0.05) is 0 Å². The Labute approximate surface area is 141 Å². The molecule has 0 atom stereocenters. The van der Waals surface area contributed by atoms with E-state index < -0.39 is 18.0 Å². The third kappa shape index (κ3) is 4.15. The first-order valence-corrected chi connectivity index (χ1v) is 11.8. The van der Waals surface area contributed by atoms with Crippen molar-refractivity contribution < 1.29 is 13.0 Å². The van der Waals surface area contributed by atoms with E-state index in [1.165, 1.54) is 70.3 Å². The monoisotopic (exact) mass is 353 g/mol. The summed E-state index contributed by atoms with van der Waals surface area (Å²) < 4.78 is 35.3. The topological polar surface area (TPSA) is 57.2 Å². The molecule has 2 aliphatic carbocycles. The molecule has 1 aromatic carbocycles. The van der Waals surface area contributed by atoms with Crippen LogP contribution in [-0.2, 0) is 10.1 Å². The molecule has 0 amide bonds. The first kappa shape index (κ1) is 17.4. The molecule has 0 unspecified atom stereocenters. The van der Waals surface area contributed by atoms with Crippen LogP contribution in [0.15, 0.2) is 29.2 Å². The van der Waals surface area contributed by atoms with Gasteiger partial charge in [0.15, 0.2) is 0 Å². The second-order valence-corrected chi connectivity index (χ2v) is 11.0. The standard InChI is InChI=1S/C18H27O3PS/c19-23(20,21)18-14-8-7-13-17(18)22(15-9-3-1-4-10-15)16-11-5-2-6-12-16/h7-8,13-16H,1-6,9-12H2,(H,19,20,21)/p-1. The fraction of sp³-hybridized carbons (Fsp3) is 0.667. The van der Waals surface area contributed by atoms with E-state index in [0.717, 1.165) is 5.30 Å². The Balaban J connectivity index is 2.00. The summed E-state index contributed by atoms with van der Waals surface area (Å²) in [6, 6.07) is 7.05. The molecule has 0 spiro atoms. The van der Waals surface area contributed by atoms with Crippen LogP contribution in [0.3, 0.4) is 0 Å². The van der Waals surface area contributed by atoms with Gasteiger partial charge >= 0.3 is 0 Å². The Morgan fingerprint density at radius 3 is 1.78 bits per heavy atom. The Morgan fingerprint density at radius 1 is 0.826 bits per heavy atom. The van der Waals surface area contributed by atoms with Gasteiger partial charge in [0.25, 0.3) is 0 Å². The van der Waals surface area contributed by atoms with E-state index >= 15 is 0 Å². The summed E-state index contributed by atoms with van der Waals surface area (Å²) in [5.74, 6) is 0. The van der Waals surface area contributed by atoms with Gasteiger partial charge in [0.1, 0.15) is 10.1 Å². The van der Waals surface area contributed by atoms with Crippen molar-refractivity contribution >= 4 is 23.3 Å². The lowest BCUT2D eigenvalue weighted by Crippen LogP contribution is -2.28. The van der Waals surface area contributed by atoms with E-state index in [1.807, 2.05) is 12.1 Å². The minimum absolute atomic E-state index is 0.0576. The second kappa shape index (κ2) is 7.63. The van der Waals surface area contributed by atoms with Crippen molar-refractivity contribution in [2.75, 3.05) is 0 Å². The molecule has 128 valence electrons. The van der Waals surface area contributed by atoms with Gasteiger partial charge in [-0.2, -0.15) is 0 Å². The number of hydrogen-bond acceptors (Lipinski definition) is 3. The van der Waals surface area contributed by atoms with E-state index in [4.69, 9.17) is 0 Å². The van der Waals surface area contributed by atoms with Crippen LogP contribution in [0.5, 0.6) is 0 Å². The van der Waals surface area contributed by atoms with Gasteiger partial charge in [0.2, 0.25) is 0 Å². The van der Waals surface area contributed by atoms with Crippen molar-refractivity contribution in [3.8, 4) is 0 Å². The molecule has 0 saturated heterocycles. The molecule has 3 rings (SSSR count). The SMILES string of the molecule is O=S(=O)([O-])c1ccccc1P(C1CCCCC1)C1CCCCC1. The Morgan fingerprint density at radius 2 is 1.30 bits per heavy atom. The molecule has 0 N–H and O–H groups in total. The van der Waals surface area contributed by atoms with Crippen LogP contribution in [0.1, 0.15) is 64.2 Å². The van der Waals surface area contributed by atoms with E-state index in [1.54, 1.807) is 6.07 Å². The number of benzene rings is 1. The van der Waals surface area contributed by atoms with E-state index in [-0.39, 0.29) is 4.90 Å². The molecule has 0 bridgehead atoms. The van der Waals surface area contributed by atoms with Gasteiger partial charge in [0.05, 0.1) is 4.90 Å². The van der Waals surface area contributed by atoms with Gasteiger partial charge in [-0.1, -0.05) is 64.6 Å². The van der Waals surface area contributed by atoms with Crippen molar-refractivity contribution in [2.45, 2.75) is 80.4 Å². The average Bonchev–Trinajstić information content (AvgIpc) is 2.57. The minimum atomic E-state index is -4.39. The van der Waals surface area contributed by atoms with E-state index in [2.05, 4.69) is 0 Å². The van der Waals surface area contributed by atoms with Crippen LogP contribution in [0.25, 0.3) is 0 Å². The Kier molecular flexibility index (Phi) is 5.77. The Hall–Kier alpha value is -0.440. The van der Waals surface area contributed by atoms with Crippen LogP contribution in [0, 0.1) is 0 Å². The van der Waals surface area contributed by atoms with Crippen LogP contribution >= 0.6 is 7.92 Å². The first-order valence-electron chi connectivity index (χ1n) is 8.90. The summed E-state index contributed by atoms with van der Waals surface area (Å²) in [6.07, 6.45) is 12.4. The predicted molar refractivity (Wildman–Crippen MR) is 94.7 cm³/mol. The molecule has 0 aromatic heterocycles. The van der Waals surface area contributed by atoms with Crippen LogP contribution in [0.4, 0.5) is 0 Å². The Bertz CT molecular complexity index is 599. The minimum Gasteiger partial charge on any atom is -0.744 e. The van der Waals surface area contributed by atoms with Crippen molar-refractivity contribution in [1.82, 2.24) is 0 Å². The molecular formula is C18H26O3PS-. The van der Waals surface area contributed by atoms with Gasteiger partial charge in [-0.3, -0.25) is 0 Å². The highest BCUT2D eigenvalue weighted by atomic mass is 32.2. The molecule has 5 heteroatoms. The maximum Gasteiger partial charge on any atom is 0.125 e. The lowest BCUT2D eigenvalue weighted by molar-refractivity contribution is 0.463. The summed E-state index contributed by atoms with van der Waals surface area (Å²) in [5, 5.41) is 0.872. The molecular weight excluding hydrogens is 327 g/mol. The zero-order chi connectivity index (χ0) is 16.3. The highest BCUT2D eigenvalue weighted by molar-refractivity contribution is 7.86. The van der Waals surface area contributed by atoms with E-state index in [9.17, 15) is 13.0 Å². The van der Waals surface area contributed by atoms with Gasteiger partial charge in [-0.05, 0) is 48.4 Å². The van der Waals surface area contributed by atoms with Crippen molar-refractivity contribution in [3.05, 3.63) is 24.3 Å². The molecule has 2 saturated carbocycles. The lowest BCUT2D eigenvalue weighted by Gasteiger charge is -2.39. The van der Waals surface area contributed by atoms with Crippen LogP contribution < -0.4 is 5.30 Å². The molecule has 0 heterocycles. The molecule has 3 nitrogen and oxygen atoms in total. The third-order valence-electron chi connectivity index (χ3n) is 5.35. The zero-order valence-corrected chi connectivity index (χ0v) is 15.3. The maximum absolute atomic E-state index is 11.8. The summed E-state index contributed by atoms with van der Waals surface area (Å²) in [5.41, 5.74) is 1.20. The highest BCUT2D eigenvalue weighted by Gasteiger charge is 2.34.